The number of thiazole rings is 1. The molecule has 5 nitrogen and oxygen atoms in total. The Morgan fingerprint density at radius 1 is 1.03 bits per heavy atom. The van der Waals surface area contributed by atoms with Crippen LogP contribution >= 0.6 is 34.5 Å². The molecule has 1 saturated heterocycles. The lowest BCUT2D eigenvalue weighted by molar-refractivity contribution is -0.132. The van der Waals surface area contributed by atoms with Crippen LogP contribution in [0.2, 0.25) is 10.0 Å². The smallest absolute Gasteiger partial charge is 0.301 e. The third kappa shape index (κ3) is 3.76. The van der Waals surface area contributed by atoms with Gasteiger partial charge in [-0.1, -0.05) is 70.4 Å². The second-order valence-corrected chi connectivity index (χ2v) is 9.64. The van der Waals surface area contributed by atoms with Gasteiger partial charge in [0.1, 0.15) is 11.6 Å². The highest BCUT2D eigenvalue weighted by Gasteiger charge is 2.48. The molecule has 0 bridgehead atoms. The van der Waals surface area contributed by atoms with Crippen molar-refractivity contribution in [3.8, 4) is 0 Å². The van der Waals surface area contributed by atoms with Crippen molar-refractivity contribution in [2.24, 2.45) is 0 Å². The summed E-state index contributed by atoms with van der Waals surface area (Å²) < 4.78 is 14.3. The maximum absolute atomic E-state index is 13.7. The average molecular weight is 513 g/mol. The summed E-state index contributed by atoms with van der Waals surface area (Å²) in [5, 5.41) is 11.9. The predicted molar refractivity (Wildman–Crippen MR) is 132 cm³/mol. The summed E-state index contributed by atoms with van der Waals surface area (Å²) in [5.74, 6) is -2.47. The fourth-order valence-electron chi connectivity index (χ4n) is 3.88. The van der Waals surface area contributed by atoms with Gasteiger partial charge in [-0.05, 0) is 42.8 Å². The van der Waals surface area contributed by atoms with Gasteiger partial charge in [0.05, 0.1) is 31.9 Å². The number of amides is 1. The number of anilines is 1. The van der Waals surface area contributed by atoms with E-state index in [2.05, 4.69) is 4.98 Å². The number of hydrogen-bond donors (Lipinski definition) is 1. The van der Waals surface area contributed by atoms with Crippen molar-refractivity contribution in [3.05, 3.63) is 98.8 Å². The van der Waals surface area contributed by atoms with Crippen LogP contribution in [0.3, 0.4) is 0 Å². The van der Waals surface area contributed by atoms with E-state index in [0.717, 1.165) is 16.9 Å². The second-order valence-electron chi connectivity index (χ2n) is 7.82. The van der Waals surface area contributed by atoms with Gasteiger partial charge >= 0.3 is 5.91 Å². The van der Waals surface area contributed by atoms with Crippen LogP contribution in [0.4, 0.5) is 9.52 Å². The predicted octanol–water partition coefficient (Wildman–Crippen LogP) is 6.68. The van der Waals surface area contributed by atoms with E-state index < -0.39 is 23.5 Å². The Bertz CT molecular complexity index is 1510. The van der Waals surface area contributed by atoms with E-state index in [0.29, 0.717) is 26.4 Å². The summed E-state index contributed by atoms with van der Waals surface area (Å²) in [4.78, 5) is 32.1. The summed E-state index contributed by atoms with van der Waals surface area (Å²) in [5.41, 5.74) is 2.21. The van der Waals surface area contributed by atoms with Crippen LogP contribution in [-0.4, -0.2) is 21.8 Å². The number of halogens is 3. The monoisotopic (exact) mass is 512 g/mol. The SMILES string of the molecule is Cc1ccc(/C(O)=C2\C(=O)C(=O)N(c3nc4ccc(F)cc4s3)C2c2ccc(Cl)c(Cl)c2)cc1. The molecule has 5 rings (SSSR count). The molecule has 1 amide bonds. The van der Waals surface area contributed by atoms with Gasteiger partial charge < -0.3 is 5.11 Å². The quantitative estimate of drug-likeness (QED) is 0.189. The number of fused-ring (bicyclic) bond motifs is 1. The highest BCUT2D eigenvalue weighted by molar-refractivity contribution is 7.22. The third-order valence-electron chi connectivity index (χ3n) is 5.57. The highest BCUT2D eigenvalue weighted by Crippen LogP contribution is 2.45. The van der Waals surface area contributed by atoms with Crippen LogP contribution in [0.25, 0.3) is 16.0 Å². The molecule has 1 atom stereocenters. The fourth-order valence-corrected chi connectivity index (χ4v) is 5.21. The zero-order valence-electron chi connectivity index (χ0n) is 17.6. The van der Waals surface area contributed by atoms with Crippen molar-refractivity contribution >= 4 is 67.3 Å². The minimum atomic E-state index is -1.01. The van der Waals surface area contributed by atoms with Crippen molar-refractivity contribution in [3.63, 3.8) is 0 Å². The molecule has 1 aliphatic heterocycles. The van der Waals surface area contributed by atoms with Crippen LogP contribution in [0.5, 0.6) is 0 Å². The van der Waals surface area contributed by atoms with Crippen molar-refractivity contribution in [2.45, 2.75) is 13.0 Å². The summed E-state index contributed by atoms with van der Waals surface area (Å²) in [7, 11) is 0. The van der Waals surface area contributed by atoms with Crippen LogP contribution in [0, 0.1) is 12.7 Å². The molecule has 3 aromatic carbocycles. The van der Waals surface area contributed by atoms with E-state index in [4.69, 9.17) is 23.2 Å². The minimum Gasteiger partial charge on any atom is -0.507 e. The number of carbonyl (C=O) groups is 2. The number of aliphatic hydroxyl groups excluding tert-OH is 1. The van der Waals surface area contributed by atoms with Crippen molar-refractivity contribution in [1.29, 1.82) is 0 Å². The number of aryl methyl sites for hydroxylation is 1. The van der Waals surface area contributed by atoms with Crippen molar-refractivity contribution < 1.29 is 19.1 Å². The second kappa shape index (κ2) is 8.51. The van der Waals surface area contributed by atoms with Crippen LogP contribution < -0.4 is 4.90 Å². The Hall–Kier alpha value is -3.26. The van der Waals surface area contributed by atoms with Gasteiger partial charge in [-0.25, -0.2) is 9.37 Å². The maximum atomic E-state index is 13.7. The summed E-state index contributed by atoms with van der Waals surface area (Å²) in [6.45, 7) is 1.90. The van der Waals surface area contributed by atoms with Gasteiger partial charge in [-0.2, -0.15) is 0 Å². The first kappa shape index (κ1) is 22.5. The number of aromatic nitrogens is 1. The number of carbonyl (C=O) groups excluding carboxylic acids is 2. The van der Waals surface area contributed by atoms with E-state index in [1.54, 1.807) is 42.5 Å². The Kier molecular flexibility index (Phi) is 5.64. The first-order valence-electron chi connectivity index (χ1n) is 10.1. The van der Waals surface area contributed by atoms with E-state index in [-0.39, 0.29) is 21.5 Å². The van der Waals surface area contributed by atoms with E-state index >= 15 is 0 Å². The van der Waals surface area contributed by atoms with Gasteiger partial charge in [0.15, 0.2) is 5.13 Å². The number of hydrogen-bond acceptors (Lipinski definition) is 5. The molecule has 1 unspecified atom stereocenters. The zero-order chi connectivity index (χ0) is 24.1. The molecule has 0 spiro atoms. The molecule has 1 aromatic heterocycles. The number of rotatable bonds is 3. The van der Waals surface area contributed by atoms with Crippen LogP contribution in [-0.2, 0) is 9.59 Å². The molecule has 0 aliphatic carbocycles. The zero-order valence-corrected chi connectivity index (χ0v) is 19.9. The van der Waals surface area contributed by atoms with Crippen LogP contribution in [0.15, 0.2) is 66.2 Å². The lowest BCUT2D eigenvalue weighted by Gasteiger charge is -2.23. The highest BCUT2D eigenvalue weighted by atomic mass is 35.5. The molecule has 1 N–H and O–H groups in total. The molecule has 34 heavy (non-hydrogen) atoms. The molecule has 170 valence electrons. The molecule has 0 saturated carbocycles. The first-order chi connectivity index (χ1) is 16.2. The van der Waals surface area contributed by atoms with Gasteiger partial charge in [0.25, 0.3) is 5.78 Å². The number of Topliss-reactive ketones (excluding diaryl/α,β-unsaturated/α-hetero) is 1. The summed E-state index contributed by atoms with van der Waals surface area (Å²) in [6, 6.07) is 14.7. The van der Waals surface area contributed by atoms with E-state index in [1.165, 1.54) is 23.1 Å². The third-order valence-corrected chi connectivity index (χ3v) is 7.33. The van der Waals surface area contributed by atoms with Crippen molar-refractivity contribution in [2.75, 3.05) is 4.90 Å². The van der Waals surface area contributed by atoms with Gasteiger partial charge in [-0.3, -0.25) is 14.5 Å². The van der Waals surface area contributed by atoms with Gasteiger partial charge in [0, 0.05) is 5.56 Å². The summed E-state index contributed by atoms with van der Waals surface area (Å²) >= 11 is 13.4. The largest absolute Gasteiger partial charge is 0.507 e. The molecule has 4 aromatic rings. The number of nitrogens with zero attached hydrogens (tertiary/aromatic N) is 2. The molecule has 1 fully saturated rings. The standard InChI is InChI=1S/C25H15Cl2FN2O3S/c1-12-2-4-13(5-3-12)22(31)20-21(14-6-8-16(26)17(27)10-14)30(24(33)23(20)32)25-29-18-9-7-15(28)11-19(18)34-25/h2-11,21,31H,1H3/b22-20+. The van der Waals surface area contributed by atoms with Crippen LogP contribution in [0.1, 0.15) is 22.7 Å². The van der Waals surface area contributed by atoms with E-state index in [9.17, 15) is 19.1 Å². The Labute approximate surface area is 207 Å². The first-order valence-corrected chi connectivity index (χ1v) is 11.7. The normalized spacial score (nSPS) is 17.6. The molecule has 2 heterocycles. The summed E-state index contributed by atoms with van der Waals surface area (Å²) in [6.07, 6.45) is 0. The minimum absolute atomic E-state index is 0.0994. The molecular weight excluding hydrogens is 498 g/mol. The maximum Gasteiger partial charge on any atom is 0.301 e. The Morgan fingerprint density at radius 3 is 2.47 bits per heavy atom. The number of benzene rings is 3. The fraction of sp³-hybridized carbons (Fsp3) is 0.0800. The Morgan fingerprint density at radius 2 is 1.76 bits per heavy atom. The lowest BCUT2D eigenvalue weighted by atomic mass is 9.95. The molecule has 1 aliphatic rings. The lowest BCUT2D eigenvalue weighted by Crippen LogP contribution is -2.29. The molecular formula is C25H15Cl2FN2O3S. The van der Waals surface area contributed by atoms with Gasteiger partial charge in [-0.15, -0.1) is 0 Å². The average Bonchev–Trinajstić information content (AvgIpc) is 3.33. The van der Waals surface area contributed by atoms with Crippen molar-refractivity contribution in [1.82, 2.24) is 4.98 Å². The number of aliphatic hydroxyl groups is 1. The molecule has 0 radical (unpaired) electrons. The topological polar surface area (TPSA) is 70.5 Å². The number of ketones is 1. The van der Waals surface area contributed by atoms with Gasteiger partial charge in [0.2, 0.25) is 0 Å². The van der Waals surface area contributed by atoms with E-state index in [1.807, 2.05) is 6.92 Å². The Balaban J connectivity index is 1.74. The molecule has 9 heteroatoms.